The molecule has 0 aromatic rings. The minimum Gasteiger partial charge on any atom is -0.377 e. The van der Waals surface area contributed by atoms with Crippen molar-refractivity contribution in [3.63, 3.8) is 0 Å². The van der Waals surface area contributed by atoms with Gasteiger partial charge in [0.05, 0.1) is 12.7 Å². The molecule has 0 N–H and O–H groups in total. The summed E-state index contributed by atoms with van der Waals surface area (Å²) in [6.07, 6.45) is 4.51. The van der Waals surface area contributed by atoms with Gasteiger partial charge in [0.1, 0.15) is 0 Å². The quantitative estimate of drug-likeness (QED) is 0.669. The van der Waals surface area contributed by atoms with Crippen LogP contribution in [0.2, 0.25) is 0 Å². The second-order valence-corrected chi connectivity index (χ2v) is 7.93. The lowest BCUT2D eigenvalue weighted by molar-refractivity contribution is -0.140. The number of thioether (sulfide) groups is 1. The highest BCUT2D eigenvalue weighted by molar-refractivity contribution is 7.98. The standard InChI is InChI=1S/C17H33N3O2S/c1-14(2)17(21)18(3)15-11-16(12-15)22-10-9-19-5-7-20(8-6-19)13-23-4/h14-16H,5-13H2,1-4H3/t15-,16-. The molecule has 2 rings (SSSR count). The van der Waals surface area contributed by atoms with Crippen molar-refractivity contribution in [1.29, 1.82) is 0 Å². The van der Waals surface area contributed by atoms with E-state index in [4.69, 9.17) is 4.74 Å². The van der Waals surface area contributed by atoms with Crippen molar-refractivity contribution >= 4 is 17.7 Å². The van der Waals surface area contributed by atoms with Gasteiger partial charge in [-0.1, -0.05) is 13.8 Å². The van der Waals surface area contributed by atoms with Gasteiger partial charge in [-0.3, -0.25) is 14.6 Å². The fraction of sp³-hybridized carbons (Fsp3) is 0.941. The summed E-state index contributed by atoms with van der Waals surface area (Å²) in [5, 5.41) is 0. The third-order valence-corrected chi connectivity index (χ3v) is 5.62. The van der Waals surface area contributed by atoms with E-state index in [1.807, 2.05) is 37.6 Å². The van der Waals surface area contributed by atoms with E-state index in [1.165, 1.54) is 13.1 Å². The Hall–Kier alpha value is -0.300. The Morgan fingerprint density at radius 2 is 1.83 bits per heavy atom. The number of hydrogen-bond donors (Lipinski definition) is 0. The van der Waals surface area contributed by atoms with Gasteiger partial charge in [-0.2, -0.15) is 0 Å². The Morgan fingerprint density at radius 1 is 1.22 bits per heavy atom. The van der Waals surface area contributed by atoms with E-state index in [0.717, 1.165) is 45.0 Å². The average molecular weight is 344 g/mol. The van der Waals surface area contributed by atoms with E-state index >= 15 is 0 Å². The van der Waals surface area contributed by atoms with E-state index < -0.39 is 0 Å². The number of amides is 1. The Balaban J connectivity index is 1.53. The molecule has 0 spiro atoms. The van der Waals surface area contributed by atoms with Gasteiger partial charge < -0.3 is 9.64 Å². The van der Waals surface area contributed by atoms with E-state index in [1.54, 1.807) is 0 Å². The third-order valence-electron chi connectivity index (χ3n) is 5.00. The molecule has 1 saturated heterocycles. The van der Waals surface area contributed by atoms with Gasteiger partial charge >= 0.3 is 0 Å². The molecule has 1 aliphatic heterocycles. The van der Waals surface area contributed by atoms with Gasteiger partial charge in [0, 0.05) is 57.6 Å². The van der Waals surface area contributed by atoms with Crippen LogP contribution >= 0.6 is 11.8 Å². The van der Waals surface area contributed by atoms with E-state index in [-0.39, 0.29) is 11.8 Å². The van der Waals surface area contributed by atoms with Crippen LogP contribution in [0.15, 0.2) is 0 Å². The lowest BCUT2D eigenvalue weighted by Crippen LogP contribution is -2.50. The molecule has 134 valence electrons. The second kappa shape index (κ2) is 9.25. The molecule has 1 amide bonds. The normalized spacial score (nSPS) is 26.3. The highest BCUT2D eigenvalue weighted by atomic mass is 32.2. The van der Waals surface area contributed by atoms with Gasteiger partial charge in [0.25, 0.3) is 0 Å². The number of nitrogens with zero attached hydrogens (tertiary/aromatic N) is 3. The molecule has 1 saturated carbocycles. The number of rotatable bonds is 8. The van der Waals surface area contributed by atoms with Crippen LogP contribution in [0, 0.1) is 5.92 Å². The highest BCUT2D eigenvalue weighted by Gasteiger charge is 2.35. The molecule has 1 heterocycles. The lowest BCUT2D eigenvalue weighted by atomic mass is 9.87. The van der Waals surface area contributed by atoms with Crippen molar-refractivity contribution < 1.29 is 9.53 Å². The van der Waals surface area contributed by atoms with E-state index in [9.17, 15) is 4.79 Å². The Morgan fingerprint density at radius 3 is 2.39 bits per heavy atom. The molecule has 0 aromatic carbocycles. The predicted octanol–water partition coefficient (Wildman–Crippen LogP) is 1.59. The summed E-state index contributed by atoms with van der Waals surface area (Å²) in [4.78, 5) is 18.9. The van der Waals surface area contributed by atoms with Crippen molar-refractivity contribution in [3.05, 3.63) is 0 Å². The number of carbonyl (C=O) groups excluding carboxylic acids is 1. The van der Waals surface area contributed by atoms with Crippen molar-refractivity contribution in [2.45, 2.75) is 38.8 Å². The first-order valence-corrected chi connectivity index (χ1v) is 10.2. The second-order valence-electron chi connectivity index (χ2n) is 7.10. The first-order chi connectivity index (χ1) is 11.0. The summed E-state index contributed by atoms with van der Waals surface area (Å²) in [7, 11) is 1.93. The lowest BCUT2D eigenvalue weighted by Gasteiger charge is -2.42. The maximum Gasteiger partial charge on any atom is 0.225 e. The van der Waals surface area contributed by atoms with Crippen LogP contribution in [0.5, 0.6) is 0 Å². The van der Waals surface area contributed by atoms with Crippen molar-refractivity contribution in [2.75, 3.05) is 58.5 Å². The molecule has 2 aliphatic rings. The molecule has 2 fully saturated rings. The largest absolute Gasteiger partial charge is 0.377 e. The van der Waals surface area contributed by atoms with Gasteiger partial charge in [0.15, 0.2) is 0 Å². The van der Waals surface area contributed by atoms with Crippen molar-refractivity contribution in [1.82, 2.24) is 14.7 Å². The predicted molar refractivity (Wildman–Crippen MR) is 96.8 cm³/mol. The fourth-order valence-electron chi connectivity index (χ4n) is 3.25. The molecular formula is C17H33N3O2S. The van der Waals surface area contributed by atoms with Crippen LogP contribution in [-0.2, 0) is 9.53 Å². The zero-order chi connectivity index (χ0) is 16.8. The zero-order valence-corrected chi connectivity index (χ0v) is 16.0. The zero-order valence-electron chi connectivity index (χ0n) is 15.2. The molecule has 0 aromatic heterocycles. The molecule has 23 heavy (non-hydrogen) atoms. The summed E-state index contributed by atoms with van der Waals surface area (Å²) in [5.41, 5.74) is 0. The smallest absolute Gasteiger partial charge is 0.225 e. The minimum atomic E-state index is 0.0877. The monoisotopic (exact) mass is 343 g/mol. The fourth-order valence-corrected chi connectivity index (χ4v) is 3.87. The maximum absolute atomic E-state index is 12.0. The first kappa shape index (κ1) is 19.0. The van der Waals surface area contributed by atoms with Crippen LogP contribution in [0.4, 0.5) is 0 Å². The minimum absolute atomic E-state index is 0.0877. The Labute approximate surface area is 145 Å². The third kappa shape index (κ3) is 5.62. The SMILES string of the molecule is CSCN1CCN(CCO[C@H]2C[C@H](N(C)C(=O)C(C)C)C2)CC1. The first-order valence-electron chi connectivity index (χ1n) is 8.83. The molecule has 1 aliphatic carbocycles. The van der Waals surface area contributed by atoms with Crippen LogP contribution < -0.4 is 0 Å². The molecule has 5 nitrogen and oxygen atoms in total. The molecule has 0 radical (unpaired) electrons. The van der Waals surface area contributed by atoms with Gasteiger partial charge in [-0.15, -0.1) is 11.8 Å². The summed E-state index contributed by atoms with van der Waals surface area (Å²) in [6, 6.07) is 0.380. The number of piperazine rings is 1. The summed E-state index contributed by atoms with van der Waals surface area (Å²) < 4.78 is 5.98. The summed E-state index contributed by atoms with van der Waals surface area (Å²) in [5.74, 6) is 1.48. The van der Waals surface area contributed by atoms with Gasteiger partial charge in [-0.05, 0) is 19.1 Å². The summed E-state index contributed by atoms with van der Waals surface area (Å²) in [6.45, 7) is 10.4. The Kier molecular flexibility index (Phi) is 7.66. The molecule has 0 atom stereocenters. The van der Waals surface area contributed by atoms with Crippen LogP contribution in [0.25, 0.3) is 0 Å². The van der Waals surface area contributed by atoms with Crippen molar-refractivity contribution in [2.24, 2.45) is 5.92 Å². The number of ether oxygens (including phenoxy) is 1. The molecule has 6 heteroatoms. The van der Waals surface area contributed by atoms with Crippen LogP contribution in [0.3, 0.4) is 0 Å². The van der Waals surface area contributed by atoms with Crippen molar-refractivity contribution in [3.8, 4) is 0 Å². The number of carbonyl (C=O) groups is 1. The van der Waals surface area contributed by atoms with E-state index in [0.29, 0.717) is 12.1 Å². The highest BCUT2D eigenvalue weighted by Crippen LogP contribution is 2.28. The maximum atomic E-state index is 12.0. The topological polar surface area (TPSA) is 36.0 Å². The van der Waals surface area contributed by atoms with Gasteiger partial charge in [-0.25, -0.2) is 0 Å². The molecule has 0 bridgehead atoms. The summed E-state index contributed by atoms with van der Waals surface area (Å²) >= 11 is 1.90. The average Bonchev–Trinajstić information content (AvgIpc) is 2.50. The molecular weight excluding hydrogens is 310 g/mol. The molecule has 0 unspecified atom stereocenters. The number of hydrogen-bond acceptors (Lipinski definition) is 5. The van der Waals surface area contributed by atoms with Crippen LogP contribution in [-0.4, -0.2) is 91.3 Å². The van der Waals surface area contributed by atoms with Crippen LogP contribution in [0.1, 0.15) is 26.7 Å². The van der Waals surface area contributed by atoms with E-state index in [2.05, 4.69) is 16.1 Å². The van der Waals surface area contributed by atoms with Gasteiger partial charge in [0.2, 0.25) is 5.91 Å². The Bertz CT molecular complexity index is 367.